The van der Waals surface area contributed by atoms with Crippen LogP contribution in [-0.2, 0) is 10.0 Å². The van der Waals surface area contributed by atoms with Gasteiger partial charge in [0.25, 0.3) is 10.0 Å². The maximum Gasteiger partial charge on any atom is 0.269 e. The molecule has 0 amide bonds. The van der Waals surface area contributed by atoms with Gasteiger partial charge in [0.2, 0.25) is 0 Å². The minimum absolute atomic E-state index is 0.0135. The average Bonchev–Trinajstić information content (AvgIpc) is 2.77. The summed E-state index contributed by atoms with van der Waals surface area (Å²) in [4.78, 5) is 0.0135. The maximum absolute atomic E-state index is 13.4. The summed E-state index contributed by atoms with van der Waals surface area (Å²) in [6.45, 7) is 3.38. The van der Waals surface area contributed by atoms with Crippen LogP contribution in [0.1, 0.15) is 11.5 Å². The van der Waals surface area contributed by atoms with Gasteiger partial charge in [-0.2, -0.15) is 0 Å². The van der Waals surface area contributed by atoms with Crippen molar-refractivity contribution in [2.24, 2.45) is 0 Å². The van der Waals surface area contributed by atoms with Crippen LogP contribution in [0.2, 0.25) is 0 Å². The van der Waals surface area contributed by atoms with E-state index in [-0.39, 0.29) is 35.2 Å². The number of anilines is 1. The van der Waals surface area contributed by atoms with Crippen molar-refractivity contribution in [2.45, 2.75) is 18.7 Å². The van der Waals surface area contributed by atoms with Gasteiger partial charge >= 0.3 is 0 Å². The highest BCUT2D eigenvalue weighted by Gasteiger charge is 2.34. The predicted molar refractivity (Wildman–Crippen MR) is 72.4 cm³/mol. The third-order valence-corrected chi connectivity index (χ3v) is 5.32. The molecule has 1 aromatic carbocycles. The van der Waals surface area contributed by atoms with Crippen molar-refractivity contribution in [1.82, 2.24) is 5.16 Å². The Morgan fingerprint density at radius 2 is 2.10 bits per heavy atom. The van der Waals surface area contributed by atoms with E-state index in [1.807, 2.05) is 0 Å². The Morgan fingerprint density at radius 1 is 1.33 bits per heavy atom. The van der Waals surface area contributed by atoms with Crippen LogP contribution >= 0.6 is 0 Å². The number of halogens is 1. The molecule has 0 saturated carbocycles. The fourth-order valence-corrected chi connectivity index (χ4v) is 4.12. The standard InChI is InChI=1S/C13H13FN2O4S/c1-8-13(9(2)20-15-8)21(17,18)16-5-6-19-12-4-3-10(14)7-11(12)16/h3-4,7H,5-6H2,1-2H3. The molecule has 0 N–H and O–H groups in total. The Balaban J connectivity index is 2.16. The average molecular weight is 312 g/mol. The Morgan fingerprint density at radius 3 is 2.76 bits per heavy atom. The van der Waals surface area contributed by atoms with Gasteiger partial charge in [-0.3, -0.25) is 4.31 Å². The molecular weight excluding hydrogens is 299 g/mol. The molecule has 0 saturated heterocycles. The van der Waals surface area contributed by atoms with Crippen molar-refractivity contribution in [3.63, 3.8) is 0 Å². The SMILES string of the molecule is Cc1noc(C)c1S(=O)(=O)N1CCOc2ccc(F)cc21. The second kappa shape index (κ2) is 4.73. The molecule has 0 radical (unpaired) electrons. The number of hydrogen-bond donors (Lipinski definition) is 0. The lowest BCUT2D eigenvalue weighted by Crippen LogP contribution is -2.38. The van der Waals surface area contributed by atoms with Gasteiger partial charge in [-0.05, 0) is 26.0 Å². The van der Waals surface area contributed by atoms with Gasteiger partial charge in [0, 0.05) is 6.07 Å². The van der Waals surface area contributed by atoms with Crippen molar-refractivity contribution in [3.8, 4) is 5.75 Å². The van der Waals surface area contributed by atoms with Gasteiger partial charge in [-0.15, -0.1) is 0 Å². The van der Waals surface area contributed by atoms with Gasteiger partial charge < -0.3 is 9.26 Å². The molecule has 112 valence electrons. The highest BCUT2D eigenvalue weighted by molar-refractivity contribution is 7.93. The molecule has 6 nitrogen and oxygen atoms in total. The minimum atomic E-state index is -3.88. The van der Waals surface area contributed by atoms with Crippen LogP contribution in [-0.4, -0.2) is 26.7 Å². The molecule has 0 unspecified atom stereocenters. The Bertz CT molecular complexity index is 781. The van der Waals surface area contributed by atoms with Gasteiger partial charge in [0.05, 0.1) is 12.2 Å². The molecule has 2 aromatic rings. The molecule has 1 aromatic heterocycles. The zero-order valence-corrected chi connectivity index (χ0v) is 12.3. The van der Waals surface area contributed by atoms with Crippen LogP contribution in [0, 0.1) is 19.7 Å². The number of fused-ring (bicyclic) bond motifs is 1. The first-order valence-electron chi connectivity index (χ1n) is 6.29. The van der Waals surface area contributed by atoms with Crippen LogP contribution in [0.25, 0.3) is 0 Å². The number of nitrogens with zero attached hydrogens (tertiary/aromatic N) is 2. The third-order valence-electron chi connectivity index (χ3n) is 3.26. The number of ether oxygens (including phenoxy) is 1. The molecule has 8 heteroatoms. The summed E-state index contributed by atoms with van der Waals surface area (Å²) in [5.41, 5.74) is 0.457. The van der Waals surface area contributed by atoms with Crippen LogP contribution in [0.3, 0.4) is 0 Å². The highest BCUT2D eigenvalue weighted by Crippen LogP contribution is 2.36. The van der Waals surface area contributed by atoms with Gasteiger partial charge in [0.1, 0.15) is 23.9 Å². The van der Waals surface area contributed by atoms with E-state index in [1.54, 1.807) is 6.92 Å². The topological polar surface area (TPSA) is 72.6 Å². The molecule has 0 bridgehead atoms. The van der Waals surface area contributed by atoms with E-state index in [0.717, 1.165) is 10.4 Å². The van der Waals surface area contributed by atoms with Crippen LogP contribution < -0.4 is 9.04 Å². The molecule has 1 aliphatic rings. The van der Waals surface area contributed by atoms with Crippen molar-refractivity contribution < 1.29 is 22.1 Å². The van der Waals surface area contributed by atoms with E-state index in [4.69, 9.17) is 9.26 Å². The Hall–Kier alpha value is -2.09. The summed E-state index contributed by atoms with van der Waals surface area (Å²) in [7, 11) is -3.88. The van der Waals surface area contributed by atoms with Gasteiger partial charge in [0.15, 0.2) is 10.7 Å². The number of sulfonamides is 1. The van der Waals surface area contributed by atoms with Gasteiger partial charge in [-0.1, -0.05) is 5.16 Å². The number of benzene rings is 1. The maximum atomic E-state index is 13.4. The molecule has 2 heterocycles. The molecule has 3 rings (SSSR count). The molecule has 0 atom stereocenters. The smallest absolute Gasteiger partial charge is 0.269 e. The summed E-state index contributed by atoms with van der Waals surface area (Å²) >= 11 is 0. The quantitative estimate of drug-likeness (QED) is 0.848. The third kappa shape index (κ3) is 2.15. The van der Waals surface area contributed by atoms with E-state index < -0.39 is 15.8 Å². The van der Waals surface area contributed by atoms with E-state index in [1.165, 1.54) is 19.1 Å². The highest BCUT2D eigenvalue weighted by atomic mass is 32.2. The molecule has 1 aliphatic heterocycles. The van der Waals surface area contributed by atoms with Crippen molar-refractivity contribution in [1.29, 1.82) is 0 Å². The number of aryl methyl sites for hydroxylation is 2. The monoisotopic (exact) mass is 312 g/mol. The summed E-state index contributed by atoms with van der Waals surface area (Å²) in [6.07, 6.45) is 0. The number of aromatic nitrogens is 1. The summed E-state index contributed by atoms with van der Waals surface area (Å²) in [5, 5.41) is 3.66. The molecular formula is C13H13FN2O4S. The van der Waals surface area contributed by atoms with E-state index >= 15 is 0 Å². The lowest BCUT2D eigenvalue weighted by Gasteiger charge is -2.30. The van der Waals surface area contributed by atoms with Crippen molar-refractivity contribution in [2.75, 3.05) is 17.5 Å². The molecule has 0 aliphatic carbocycles. The normalized spacial score (nSPS) is 14.7. The van der Waals surface area contributed by atoms with Crippen LogP contribution in [0.5, 0.6) is 5.75 Å². The molecule has 21 heavy (non-hydrogen) atoms. The van der Waals surface area contributed by atoms with E-state index in [2.05, 4.69) is 5.16 Å². The van der Waals surface area contributed by atoms with Crippen molar-refractivity contribution >= 4 is 15.7 Å². The zero-order chi connectivity index (χ0) is 15.2. The zero-order valence-electron chi connectivity index (χ0n) is 11.5. The predicted octanol–water partition coefficient (Wildman–Crippen LogP) is 2.02. The first-order valence-corrected chi connectivity index (χ1v) is 7.73. The van der Waals surface area contributed by atoms with Crippen molar-refractivity contribution in [3.05, 3.63) is 35.5 Å². The van der Waals surface area contributed by atoms with Gasteiger partial charge in [-0.25, -0.2) is 12.8 Å². The first kappa shape index (κ1) is 13.9. The fraction of sp³-hybridized carbons (Fsp3) is 0.308. The first-order chi connectivity index (χ1) is 9.91. The second-order valence-electron chi connectivity index (χ2n) is 4.69. The van der Waals surface area contributed by atoms with Crippen LogP contribution in [0.4, 0.5) is 10.1 Å². The number of rotatable bonds is 2. The largest absolute Gasteiger partial charge is 0.489 e. The Labute approximate surface area is 121 Å². The lowest BCUT2D eigenvalue weighted by molar-refractivity contribution is 0.315. The minimum Gasteiger partial charge on any atom is -0.489 e. The molecule has 0 fully saturated rings. The number of hydrogen-bond acceptors (Lipinski definition) is 5. The molecule has 0 spiro atoms. The summed E-state index contributed by atoms with van der Waals surface area (Å²) < 4.78 is 50.5. The lowest BCUT2D eigenvalue weighted by atomic mass is 10.2. The Kier molecular flexibility index (Phi) is 3.12. The second-order valence-corrected chi connectivity index (χ2v) is 6.49. The van der Waals surface area contributed by atoms with Crippen LogP contribution in [0.15, 0.2) is 27.6 Å². The summed E-state index contributed by atoms with van der Waals surface area (Å²) in [6, 6.07) is 3.79. The van der Waals surface area contributed by atoms with E-state index in [9.17, 15) is 12.8 Å². The fourth-order valence-electron chi connectivity index (χ4n) is 2.37. The van der Waals surface area contributed by atoms with E-state index in [0.29, 0.717) is 5.75 Å². The summed E-state index contributed by atoms with van der Waals surface area (Å²) in [5.74, 6) is 0.00754.